The summed E-state index contributed by atoms with van der Waals surface area (Å²) in [6.07, 6.45) is 2.83. The summed E-state index contributed by atoms with van der Waals surface area (Å²) in [7, 11) is 1.88. The van der Waals surface area contributed by atoms with Crippen LogP contribution < -0.4 is 5.32 Å². The Hall–Kier alpha value is -1.40. The van der Waals surface area contributed by atoms with Crippen molar-refractivity contribution in [3.8, 4) is 0 Å². The van der Waals surface area contributed by atoms with Crippen molar-refractivity contribution in [2.45, 2.75) is 33.4 Å². The number of hydrogen-bond donors (Lipinski definition) is 1. The molecule has 0 saturated heterocycles. The van der Waals surface area contributed by atoms with Gasteiger partial charge in [-0.15, -0.1) is 0 Å². The molecular formula is C12H19ClN6. The number of nitrogens with zero attached hydrogens (tertiary/aromatic N) is 5. The molecule has 6 nitrogen and oxygen atoms in total. The molecule has 0 bridgehead atoms. The van der Waals surface area contributed by atoms with Gasteiger partial charge in [0.2, 0.25) is 0 Å². The van der Waals surface area contributed by atoms with Crippen LogP contribution >= 0.6 is 11.6 Å². The number of aryl methyl sites for hydroxylation is 2. The van der Waals surface area contributed by atoms with Crippen LogP contribution in [0.25, 0.3) is 0 Å². The Morgan fingerprint density at radius 2 is 2.16 bits per heavy atom. The Morgan fingerprint density at radius 1 is 1.37 bits per heavy atom. The van der Waals surface area contributed by atoms with Gasteiger partial charge < -0.3 is 5.32 Å². The molecule has 104 valence electrons. The van der Waals surface area contributed by atoms with Crippen molar-refractivity contribution in [1.29, 1.82) is 0 Å². The van der Waals surface area contributed by atoms with Gasteiger partial charge in [0.1, 0.15) is 6.33 Å². The van der Waals surface area contributed by atoms with E-state index >= 15 is 0 Å². The lowest BCUT2D eigenvalue weighted by molar-refractivity contribution is 0.598. The number of nitrogens with one attached hydrogen (secondary N) is 1. The van der Waals surface area contributed by atoms with Crippen molar-refractivity contribution in [3.63, 3.8) is 0 Å². The lowest BCUT2D eigenvalue weighted by atomic mass is 10.3. The topological polar surface area (TPSA) is 60.6 Å². The molecule has 19 heavy (non-hydrogen) atoms. The van der Waals surface area contributed by atoms with Gasteiger partial charge in [-0.1, -0.05) is 18.5 Å². The van der Waals surface area contributed by atoms with E-state index in [4.69, 9.17) is 11.6 Å². The van der Waals surface area contributed by atoms with Crippen molar-refractivity contribution in [2.24, 2.45) is 7.05 Å². The molecule has 0 amide bonds. The van der Waals surface area contributed by atoms with Crippen LogP contribution in [0.2, 0.25) is 5.02 Å². The second-order valence-electron chi connectivity index (χ2n) is 4.50. The van der Waals surface area contributed by atoms with Gasteiger partial charge in [0.05, 0.1) is 29.5 Å². The maximum absolute atomic E-state index is 6.22. The first-order chi connectivity index (χ1) is 9.11. The highest BCUT2D eigenvalue weighted by Gasteiger charge is 2.12. The van der Waals surface area contributed by atoms with Gasteiger partial charge in [-0.25, -0.2) is 9.67 Å². The molecule has 2 rings (SSSR count). The summed E-state index contributed by atoms with van der Waals surface area (Å²) in [5, 5.41) is 12.7. The summed E-state index contributed by atoms with van der Waals surface area (Å²) in [5.41, 5.74) is 1.78. The molecule has 0 aliphatic rings. The smallest absolute Gasteiger partial charge is 0.164 e. The minimum absolute atomic E-state index is 0.580. The molecule has 0 aliphatic heterocycles. The minimum atomic E-state index is 0.580. The first-order valence-corrected chi connectivity index (χ1v) is 6.76. The molecule has 2 aromatic heterocycles. The lowest BCUT2D eigenvalue weighted by Gasteiger charge is -2.02. The normalized spacial score (nSPS) is 11.2. The predicted octanol–water partition coefficient (Wildman–Crippen LogP) is 1.52. The predicted molar refractivity (Wildman–Crippen MR) is 74.1 cm³/mol. The van der Waals surface area contributed by atoms with Crippen molar-refractivity contribution in [2.75, 3.05) is 6.54 Å². The van der Waals surface area contributed by atoms with Crippen LogP contribution in [0.5, 0.6) is 0 Å². The summed E-state index contributed by atoms with van der Waals surface area (Å²) in [4.78, 5) is 4.27. The Bertz CT molecular complexity index is 544. The third kappa shape index (κ3) is 3.33. The van der Waals surface area contributed by atoms with Gasteiger partial charge in [0.25, 0.3) is 0 Å². The maximum atomic E-state index is 6.22. The zero-order chi connectivity index (χ0) is 13.8. The fraction of sp³-hybridized carbons (Fsp3) is 0.583. The number of rotatable bonds is 6. The molecule has 0 aliphatic carbocycles. The zero-order valence-corrected chi connectivity index (χ0v) is 12.3. The van der Waals surface area contributed by atoms with E-state index in [2.05, 4.69) is 27.4 Å². The van der Waals surface area contributed by atoms with Gasteiger partial charge in [0, 0.05) is 7.05 Å². The second-order valence-corrected chi connectivity index (χ2v) is 4.88. The zero-order valence-electron chi connectivity index (χ0n) is 11.5. The largest absolute Gasteiger partial charge is 0.310 e. The van der Waals surface area contributed by atoms with E-state index in [1.54, 1.807) is 15.7 Å². The fourth-order valence-corrected chi connectivity index (χ4v) is 2.09. The summed E-state index contributed by atoms with van der Waals surface area (Å²) < 4.78 is 3.57. The molecule has 0 spiro atoms. The second kappa shape index (κ2) is 6.16. The Kier molecular flexibility index (Phi) is 4.55. The van der Waals surface area contributed by atoms with Crippen LogP contribution in [0.15, 0.2) is 6.33 Å². The summed E-state index contributed by atoms with van der Waals surface area (Å²) in [6, 6.07) is 0. The molecule has 1 N–H and O–H groups in total. The van der Waals surface area contributed by atoms with Gasteiger partial charge >= 0.3 is 0 Å². The van der Waals surface area contributed by atoms with E-state index in [0.29, 0.717) is 18.1 Å². The molecule has 0 radical (unpaired) electrons. The van der Waals surface area contributed by atoms with Gasteiger partial charge in [0.15, 0.2) is 5.82 Å². The molecule has 2 heterocycles. The number of aromatic nitrogens is 5. The van der Waals surface area contributed by atoms with Crippen LogP contribution in [0, 0.1) is 6.92 Å². The quantitative estimate of drug-likeness (QED) is 0.816. The maximum Gasteiger partial charge on any atom is 0.164 e. The minimum Gasteiger partial charge on any atom is -0.310 e. The van der Waals surface area contributed by atoms with Crippen LogP contribution in [0.1, 0.15) is 30.6 Å². The van der Waals surface area contributed by atoms with Gasteiger partial charge in [-0.05, 0) is 19.9 Å². The third-order valence-electron chi connectivity index (χ3n) is 2.87. The van der Waals surface area contributed by atoms with Crippen molar-refractivity contribution in [1.82, 2.24) is 29.9 Å². The van der Waals surface area contributed by atoms with E-state index in [0.717, 1.165) is 30.2 Å². The van der Waals surface area contributed by atoms with E-state index in [9.17, 15) is 0 Å². The van der Waals surface area contributed by atoms with Crippen molar-refractivity contribution >= 4 is 11.6 Å². The SMILES string of the molecule is CCCNCc1ncn(Cc2c(Cl)c(C)nn2C)n1. The average Bonchev–Trinajstić information content (AvgIpc) is 2.91. The molecule has 0 unspecified atom stereocenters. The highest BCUT2D eigenvalue weighted by molar-refractivity contribution is 6.31. The van der Waals surface area contributed by atoms with Gasteiger partial charge in [-0.3, -0.25) is 4.68 Å². The molecule has 2 aromatic rings. The highest BCUT2D eigenvalue weighted by Crippen LogP contribution is 2.19. The molecule has 0 aromatic carbocycles. The Morgan fingerprint density at radius 3 is 2.79 bits per heavy atom. The van der Waals surface area contributed by atoms with E-state index < -0.39 is 0 Å². The van der Waals surface area contributed by atoms with Crippen molar-refractivity contribution in [3.05, 3.63) is 28.6 Å². The summed E-state index contributed by atoms with van der Waals surface area (Å²) in [5.74, 6) is 0.795. The van der Waals surface area contributed by atoms with Crippen LogP contribution in [-0.2, 0) is 20.1 Å². The highest BCUT2D eigenvalue weighted by atomic mass is 35.5. The van der Waals surface area contributed by atoms with Crippen molar-refractivity contribution < 1.29 is 0 Å². The average molecular weight is 283 g/mol. The van der Waals surface area contributed by atoms with E-state index in [1.807, 2.05) is 14.0 Å². The van der Waals surface area contributed by atoms with E-state index in [-0.39, 0.29) is 0 Å². The van der Waals surface area contributed by atoms with Crippen LogP contribution in [0.3, 0.4) is 0 Å². The standard InChI is InChI=1S/C12H19ClN6/c1-4-5-14-6-11-15-8-19(17-11)7-10-12(13)9(2)16-18(10)3/h8,14H,4-7H2,1-3H3. The molecule has 0 saturated carbocycles. The van der Waals surface area contributed by atoms with Gasteiger partial charge in [-0.2, -0.15) is 10.2 Å². The summed E-state index contributed by atoms with van der Waals surface area (Å²) >= 11 is 6.22. The monoisotopic (exact) mass is 282 g/mol. The fourth-order valence-electron chi connectivity index (χ4n) is 1.87. The Balaban J connectivity index is 2.03. The first kappa shape index (κ1) is 14.0. The first-order valence-electron chi connectivity index (χ1n) is 6.38. The number of halogens is 1. The molecular weight excluding hydrogens is 264 g/mol. The summed E-state index contributed by atoms with van der Waals surface area (Å²) in [6.45, 7) is 6.27. The molecule has 0 atom stereocenters. The van der Waals surface area contributed by atoms with Crippen LogP contribution in [0.4, 0.5) is 0 Å². The van der Waals surface area contributed by atoms with E-state index in [1.165, 1.54) is 0 Å². The van der Waals surface area contributed by atoms with Crippen LogP contribution in [-0.4, -0.2) is 31.1 Å². The Labute approximate surface area is 117 Å². The third-order valence-corrected chi connectivity index (χ3v) is 3.36. The molecule has 7 heteroatoms. The number of hydrogen-bond acceptors (Lipinski definition) is 4. The lowest BCUT2D eigenvalue weighted by Crippen LogP contribution is -2.15. The molecule has 0 fully saturated rings.